The zero-order valence-corrected chi connectivity index (χ0v) is 27.0. The topological polar surface area (TPSA) is 69.9 Å². The largest absolute Gasteiger partial charge is 0.488 e. The van der Waals surface area contributed by atoms with Crippen molar-refractivity contribution in [2.45, 2.75) is 19.6 Å². The molecule has 6 nitrogen and oxygen atoms in total. The molecular formula is C33H23Cl3N2O4S2. The second kappa shape index (κ2) is 13.1. The highest BCUT2D eigenvalue weighted by atomic mass is 35.5. The summed E-state index contributed by atoms with van der Waals surface area (Å²) in [6.07, 6.45) is 1.74. The number of thiazole rings is 1. The van der Waals surface area contributed by atoms with Gasteiger partial charge < -0.3 is 9.47 Å². The number of carbonyl (C=O) groups excluding carboxylic acids is 1. The first-order valence-electron chi connectivity index (χ1n) is 13.5. The second-order valence-corrected chi connectivity index (χ2v) is 12.9. The number of aromatic nitrogens is 1. The van der Waals surface area contributed by atoms with Crippen molar-refractivity contribution in [3.05, 3.63) is 146 Å². The van der Waals surface area contributed by atoms with Gasteiger partial charge in [-0.3, -0.25) is 9.36 Å². The molecule has 0 amide bonds. The van der Waals surface area contributed by atoms with Crippen molar-refractivity contribution >= 4 is 75.2 Å². The maximum absolute atomic E-state index is 14.1. The van der Waals surface area contributed by atoms with Crippen molar-refractivity contribution in [2.24, 2.45) is 4.99 Å². The third-order valence-electron chi connectivity index (χ3n) is 6.82. The molecule has 5 aromatic rings. The number of ether oxygens (including phenoxy) is 2. The molecule has 0 unspecified atom stereocenters. The van der Waals surface area contributed by atoms with Gasteiger partial charge in [0, 0.05) is 21.0 Å². The highest BCUT2D eigenvalue weighted by molar-refractivity contribution is 7.10. The van der Waals surface area contributed by atoms with E-state index in [1.54, 1.807) is 47.9 Å². The summed E-state index contributed by atoms with van der Waals surface area (Å²) in [5.74, 6) is 0.00825. The van der Waals surface area contributed by atoms with E-state index in [1.165, 1.54) is 22.7 Å². The molecule has 11 heteroatoms. The van der Waals surface area contributed by atoms with Crippen molar-refractivity contribution in [2.75, 3.05) is 6.61 Å². The maximum atomic E-state index is 14.1. The second-order valence-electron chi connectivity index (χ2n) is 9.67. The van der Waals surface area contributed by atoms with Crippen LogP contribution in [0.3, 0.4) is 0 Å². The molecule has 0 fully saturated rings. The van der Waals surface area contributed by atoms with Crippen LogP contribution in [0, 0.1) is 0 Å². The lowest BCUT2D eigenvalue weighted by atomic mass is 9.97. The van der Waals surface area contributed by atoms with Crippen molar-refractivity contribution in [3.8, 4) is 5.75 Å². The van der Waals surface area contributed by atoms with Crippen molar-refractivity contribution in [3.63, 3.8) is 0 Å². The minimum Gasteiger partial charge on any atom is -0.488 e. The van der Waals surface area contributed by atoms with Gasteiger partial charge in [-0.05, 0) is 60.3 Å². The Bertz CT molecular complexity index is 2070. The molecule has 3 aromatic carbocycles. The van der Waals surface area contributed by atoms with E-state index in [0.717, 1.165) is 16.0 Å². The summed E-state index contributed by atoms with van der Waals surface area (Å²) in [5, 5.41) is 3.29. The number of halogens is 3. The van der Waals surface area contributed by atoms with E-state index in [2.05, 4.69) is 0 Å². The summed E-state index contributed by atoms with van der Waals surface area (Å²) in [5.41, 5.74) is 2.69. The number of fused-ring (bicyclic) bond motifs is 1. The first-order valence-corrected chi connectivity index (χ1v) is 16.3. The molecule has 3 heterocycles. The van der Waals surface area contributed by atoms with Crippen LogP contribution < -0.4 is 19.6 Å². The quantitative estimate of drug-likeness (QED) is 0.159. The number of carbonyl (C=O) groups is 1. The smallest absolute Gasteiger partial charge is 0.338 e. The molecule has 0 N–H and O–H groups in total. The first-order chi connectivity index (χ1) is 21.3. The van der Waals surface area contributed by atoms with E-state index in [9.17, 15) is 9.59 Å². The molecule has 0 radical (unpaired) electrons. The van der Waals surface area contributed by atoms with Crippen LogP contribution in [0.1, 0.15) is 34.5 Å². The fraction of sp³-hybridized carbons (Fsp3) is 0.121. The molecule has 0 aliphatic carbocycles. The number of thiophene rings is 1. The number of hydrogen-bond acceptors (Lipinski definition) is 7. The van der Waals surface area contributed by atoms with Gasteiger partial charge in [-0.1, -0.05) is 88.6 Å². The van der Waals surface area contributed by atoms with Crippen molar-refractivity contribution in [1.82, 2.24) is 4.57 Å². The Morgan fingerprint density at radius 2 is 1.82 bits per heavy atom. The van der Waals surface area contributed by atoms with Gasteiger partial charge in [-0.2, -0.15) is 0 Å². The van der Waals surface area contributed by atoms with E-state index < -0.39 is 12.0 Å². The van der Waals surface area contributed by atoms with E-state index in [0.29, 0.717) is 47.0 Å². The Hall–Kier alpha value is -3.66. The average Bonchev–Trinajstić information content (AvgIpc) is 3.66. The molecule has 0 bridgehead atoms. The number of benzene rings is 3. The normalized spacial score (nSPS) is 14.7. The first kappa shape index (κ1) is 30.4. The predicted molar refractivity (Wildman–Crippen MR) is 178 cm³/mol. The standard InChI is InChI=1S/C33H23Cl3N2O4S2/c1-2-41-32(40)28-29(20-7-4-3-5-8-20)37-33-38(30(28)26-9-6-14-43-26)31(39)27(44-33)17-21-16-22(34)11-13-25(21)42-18-19-10-12-23(35)24(36)15-19/h3-17,30H,2,18H2,1H3/b27-17-/t30-/m1/s1. The monoisotopic (exact) mass is 680 g/mol. The van der Waals surface area contributed by atoms with Crippen LogP contribution in [0.4, 0.5) is 0 Å². The summed E-state index contributed by atoms with van der Waals surface area (Å²) in [6.45, 7) is 2.16. The summed E-state index contributed by atoms with van der Waals surface area (Å²) >= 11 is 21.3. The van der Waals surface area contributed by atoms with E-state index in [1.807, 2.05) is 53.9 Å². The predicted octanol–water partition coefficient (Wildman–Crippen LogP) is 7.54. The van der Waals surface area contributed by atoms with Crippen LogP contribution in [0.25, 0.3) is 11.8 Å². The number of rotatable bonds is 8. The average molecular weight is 682 g/mol. The van der Waals surface area contributed by atoms with Crippen LogP contribution in [0.5, 0.6) is 5.75 Å². The van der Waals surface area contributed by atoms with Crippen LogP contribution in [-0.2, 0) is 16.1 Å². The van der Waals surface area contributed by atoms with Gasteiger partial charge in [0.2, 0.25) is 0 Å². The van der Waals surface area contributed by atoms with E-state index in [-0.39, 0.29) is 18.8 Å². The third-order valence-corrected chi connectivity index (χ3v) is 9.70. The Balaban J connectivity index is 1.50. The van der Waals surface area contributed by atoms with Crippen molar-refractivity contribution in [1.29, 1.82) is 0 Å². The molecule has 1 aliphatic rings. The molecule has 44 heavy (non-hydrogen) atoms. The molecule has 222 valence electrons. The minimum atomic E-state index is -0.715. The lowest BCUT2D eigenvalue weighted by molar-refractivity contribution is -0.138. The van der Waals surface area contributed by atoms with Gasteiger partial charge in [-0.25, -0.2) is 9.79 Å². The zero-order chi connectivity index (χ0) is 30.8. The van der Waals surface area contributed by atoms with E-state index >= 15 is 0 Å². The van der Waals surface area contributed by atoms with Gasteiger partial charge in [0.15, 0.2) is 4.80 Å². The van der Waals surface area contributed by atoms with Crippen LogP contribution >= 0.6 is 57.5 Å². The number of nitrogens with zero attached hydrogens (tertiary/aromatic N) is 2. The van der Waals surface area contributed by atoms with Crippen LogP contribution in [-0.4, -0.2) is 17.1 Å². The molecule has 1 atom stereocenters. The summed E-state index contributed by atoms with van der Waals surface area (Å²) in [4.78, 5) is 33.8. The molecular weight excluding hydrogens is 659 g/mol. The third kappa shape index (κ3) is 6.14. The van der Waals surface area contributed by atoms with E-state index in [4.69, 9.17) is 49.3 Å². The Kier molecular flexibility index (Phi) is 9.07. The van der Waals surface area contributed by atoms with Crippen LogP contribution in [0.2, 0.25) is 15.1 Å². The zero-order valence-electron chi connectivity index (χ0n) is 23.1. The summed E-state index contributed by atoms with van der Waals surface area (Å²) < 4.78 is 13.6. The number of esters is 1. The highest BCUT2D eigenvalue weighted by Gasteiger charge is 2.35. The molecule has 0 saturated carbocycles. The Morgan fingerprint density at radius 3 is 2.55 bits per heavy atom. The number of hydrogen-bond donors (Lipinski definition) is 0. The summed E-state index contributed by atoms with van der Waals surface area (Å²) in [7, 11) is 0. The van der Waals surface area contributed by atoms with Gasteiger partial charge >= 0.3 is 5.97 Å². The Labute approximate surface area is 275 Å². The molecule has 1 aliphatic heterocycles. The van der Waals surface area contributed by atoms with Crippen LogP contribution in [0.15, 0.2) is 99.6 Å². The lowest BCUT2D eigenvalue weighted by Gasteiger charge is -2.24. The fourth-order valence-electron chi connectivity index (χ4n) is 4.85. The molecule has 0 saturated heterocycles. The lowest BCUT2D eigenvalue weighted by Crippen LogP contribution is -2.39. The summed E-state index contributed by atoms with van der Waals surface area (Å²) in [6, 6.07) is 23.0. The maximum Gasteiger partial charge on any atom is 0.338 e. The minimum absolute atomic E-state index is 0.186. The fourth-order valence-corrected chi connectivity index (χ4v) is 7.17. The highest BCUT2D eigenvalue weighted by Crippen LogP contribution is 2.37. The van der Waals surface area contributed by atoms with Gasteiger partial charge in [0.05, 0.1) is 32.5 Å². The van der Waals surface area contributed by atoms with Crippen molar-refractivity contribution < 1.29 is 14.3 Å². The molecule has 6 rings (SSSR count). The Morgan fingerprint density at radius 1 is 1.00 bits per heavy atom. The van der Waals surface area contributed by atoms with Gasteiger partial charge in [-0.15, -0.1) is 11.3 Å². The molecule has 0 spiro atoms. The molecule has 2 aromatic heterocycles. The van der Waals surface area contributed by atoms with Gasteiger partial charge in [0.1, 0.15) is 18.4 Å². The SMILES string of the molecule is CCOC(=O)C1=C(c2ccccc2)N=c2s/c(=C\c3cc(Cl)ccc3OCc3ccc(Cl)c(Cl)c3)c(=O)n2[C@@H]1c1cccs1. The van der Waals surface area contributed by atoms with Gasteiger partial charge in [0.25, 0.3) is 5.56 Å².